The average molecular weight is 472 g/mol. The molecule has 0 amide bonds. The molecule has 0 saturated heterocycles. The molecule has 9 heteroatoms. The molecule has 0 aliphatic carbocycles. The number of hydrogen-bond donors (Lipinski definition) is 5. The van der Waals surface area contributed by atoms with Crippen LogP contribution in [0.1, 0.15) is 46.1 Å². The fourth-order valence-corrected chi connectivity index (χ4v) is 4.10. The Bertz CT molecular complexity index is 1400. The Hall–Kier alpha value is -4.31. The van der Waals surface area contributed by atoms with Gasteiger partial charge < -0.3 is 21.1 Å². The maximum Gasteiger partial charge on any atom is 0.349 e. The summed E-state index contributed by atoms with van der Waals surface area (Å²) in [5.74, 6) is 0.227. The number of nitrogens with one attached hydrogen (secondary N) is 1. The summed E-state index contributed by atoms with van der Waals surface area (Å²) in [6.07, 6.45) is 1.35. The van der Waals surface area contributed by atoms with Gasteiger partial charge in [0.05, 0.1) is 29.7 Å². The number of rotatable bonds is 9. The molecule has 9 nitrogen and oxygen atoms in total. The zero-order valence-corrected chi connectivity index (χ0v) is 18.8. The largest absolute Gasteiger partial charge is 0.398 e. The first-order chi connectivity index (χ1) is 16.8. The smallest absolute Gasteiger partial charge is 0.349 e. The van der Waals surface area contributed by atoms with Crippen LogP contribution in [0.3, 0.4) is 0 Å². The number of benzene rings is 2. The number of aromatic amines is 1. The summed E-state index contributed by atoms with van der Waals surface area (Å²) in [4.78, 5) is 24.0. The molecule has 1 aliphatic rings. The van der Waals surface area contributed by atoms with Crippen molar-refractivity contribution in [2.45, 2.75) is 18.3 Å². The second kappa shape index (κ2) is 9.51. The highest BCUT2D eigenvalue weighted by Gasteiger charge is 2.41. The molecule has 3 unspecified atom stereocenters. The minimum absolute atomic E-state index is 0.163. The Kier molecular flexibility index (Phi) is 6.48. The van der Waals surface area contributed by atoms with Gasteiger partial charge in [-0.15, -0.1) is 19.7 Å². The molecular weight excluding hydrogens is 446 g/mol. The topological polar surface area (TPSA) is 148 Å². The van der Waals surface area contributed by atoms with E-state index in [9.17, 15) is 20.1 Å². The van der Waals surface area contributed by atoms with Crippen LogP contribution in [0.2, 0.25) is 0 Å². The van der Waals surface area contributed by atoms with Crippen LogP contribution >= 0.6 is 0 Å². The zero-order valence-electron chi connectivity index (χ0n) is 18.8. The molecule has 1 aliphatic heterocycles. The van der Waals surface area contributed by atoms with Gasteiger partial charge in [0.15, 0.2) is 0 Å². The van der Waals surface area contributed by atoms with E-state index in [1.54, 1.807) is 11.0 Å². The van der Waals surface area contributed by atoms with Crippen molar-refractivity contribution in [2.75, 3.05) is 10.6 Å². The molecular formula is C26H25N5O4. The Labute approximate surface area is 201 Å². The standard InChI is InChI=1S/C26H25N5O4/c1-4-17(32)15-12-16(22(27)21(19(34)6-3)20(15)18(33)5-2)24-23(14-10-8-7-9-11-14)31(24)25-28-13-29-26(35)30-25/h4-13,17-19,32-34H,1-3,27H2,(H,28,29,30,35). The first-order valence-electron chi connectivity index (χ1n) is 10.7. The van der Waals surface area contributed by atoms with E-state index < -0.39 is 24.0 Å². The van der Waals surface area contributed by atoms with Gasteiger partial charge in [-0.05, 0) is 17.2 Å². The second-order valence-corrected chi connectivity index (χ2v) is 7.82. The SMILES string of the molecule is C=CC(O)c1cc(C2=C(c3ccccc3)N2c2ncnc(=O)[nH]2)c(N)c(C(O)C=C)c1C(O)C=C. The van der Waals surface area contributed by atoms with Crippen LogP contribution in [0.5, 0.6) is 0 Å². The molecule has 3 aromatic rings. The lowest BCUT2D eigenvalue weighted by Gasteiger charge is -2.25. The van der Waals surface area contributed by atoms with E-state index >= 15 is 0 Å². The lowest BCUT2D eigenvalue weighted by Crippen LogP contribution is -2.17. The van der Waals surface area contributed by atoms with Crippen molar-refractivity contribution in [3.63, 3.8) is 0 Å². The normalized spacial score (nSPS) is 15.3. The number of anilines is 2. The molecule has 4 rings (SSSR count). The van der Waals surface area contributed by atoms with E-state index in [1.165, 1.54) is 18.2 Å². The number of nitrogens with zero attached hydrogens (tertiary/aromatic N) is 3. The third kappa shape index (κ3) is 4.19. The van der Waals surface area contributed by atoms with Crippen LogP contribution in [-0.4, -0.2) is 30.3 Å². The van der Waals surface area contributed by atoms with Gasteiger partial charge in [0.2, 0.25) is 5.95 Å². The molecule has 0 fully saturated rings. The number of nitrogen functional groups attached to an aromatic ring is 1. The summed E-state index contributed by atoms with van der Waals surface area (Å²) < 4.78 is 0. The third-order valence-electron chi connectivity index (χ3n) is 5.77. The number of aromatic nitrogens is 3. The molecule has 2 aromatic carbocycles. The lowest BCUT2D eigenvalue weighted by molar-refractivity contribution is 0.193. The van der Waals surface area contributed by atoms with E-state index in [1.807, 2.05) is 30.3 Å². The minimum atomic E-state index is -1.25. The van der Waals surface area contributed by atoms with Gasteiger partial charge in [0, 0.05) is 22.4 Å². The molecule has 0 saturated carbocycles. The Morgan fingerprint density at radius 3 is 2.14 bits per heavy atom. The Morgan fingerprint density at radius 2 is 1.54 bits per heavy atom. The van der Waals surface area contributed by atoms with E-state index in [-0.39, 0.29) is 28.3 Å². The van der Waals surface area contributed by atoms with Gasteiger partial charge in [0.25, 0.3) is 0 Å². The van der Waals surface area contributed by atoms with Crippen LogP contribution in [0.4, 0.5) is 11.6 Å². The van der Waals surface area contributed by atoms with E-state index in [0.717, 1.165) is 11.9 Å². The average Bonchev–Trinajstić information content (AvgIpc) is 3.63. The van der Waals surface area contributed by atoms with Crippen molar-refractivity contribution in [1.82, 2.24) is 15.0 Å². The maximum absolute atomic E-state index is 11.9. The van der Waals surface area contributed by atoms with Crippen LogP contribution < -0.4 is 16.3 Å². The summed E-state index contributed by atoms with van der Waals surface area (Å²) >= 11 is 0. The van der Waals surface area contributed by atoms with Gasteiger partial charge in [0.1, 0.15) is 6.33 Å². The summed E-state index contributed by atoms with van der Waals surface area (Å²) in [7, 11) is 0. The van der Waals surface area contributed by atoms with Crippen molar-refractivity contribution < 1.29 is 15.3 Å². The molecule has 3 atom stereocenters. The van der Waals surface area contributed by atoms with E-state index in [2.05, 4.69) is 34.7 Å². The third-order valence-corrected chi connectivity index (χ3v) is 5.77. The molecule has 1 aromatic heterocycles. The molecule has 178 valence electrons. The monoisotopic (exact) mass is 471 g/mol. The van der Waals surface area contributed by atoms with Crippen LogP contribution in [-0.2, 0) is 0 Å². The Balaban J connectivity index is 2.04. The number of aliphatic hydroxyl groups is 3. The molecule has 6 N–H and O–H groups in total. The van der Waals surface area contributed by atoms with Crippen LogP contribution in [0.25, 0.3) is 11.4 Å². The molecule has 2 heterocycles. The Morgan fingerprint density at radius 1 is 0.914 bits per heavy atom. The van der Waals surface area contributed by atoms with Crippen molar-refractivity contribution in [3.8, 4) is 0 Å². The predicted octanol–water partition coefficient (Wildman–Crippen LogP) is 2.75. The molecule has 35 heavy (non-hydrogen) atoms. The fourth-order valence-electron chi connectivity index (χ4n) is 4.10. The second-order valence-electron chi connectivity index (χ2n) is 7.82. The van der Waals surface area contributed by atoms with Crippen molar-refractivity contribution >= 4 is 23.0 Å². The van der Waals surface area contributed by atoms with Gasteiger partial charge in [-0.2, -0.15) is 4.98 Å². The fraction of sp³-hybridized carbons (Fsp3) is 0.115. The van der Waals surface area contributed by atoms with Gasteiger partial charge in [-0.1, -0.05) is 48.6 Å². The quantitative estimate of drug-likeness (QED) is 0.236. The number of H-pyrrole nitrogens is 1. The van der Waals surface area contributed by atoms with Crippen molar-refractivity contribution in [2.24, 2.45) is 0 Å². The van der Waals surface area contributed by atoms with Crippen LogP contribution in [0, 0.1) is 0 Å². The first kappa shape index (κ1) is 23.8. The van der Waals surface area contributed by atoms with E-state index in [0.29, 0.717) is 17.0 Å². The lowest BCUT2D eigenvalue weighted by atomic mass is 9.86. The zero-order chi connectivity index (χ0) is 25.3. The minimum Gasteiger partial charge on any atom is -0.398 e. The number of hydrogen-bond acceptors (Lipinski definition) is 8. The van der Waals surface area contributed by atoms with Gasteiger partial charge in [-0.25, -0.2) is 9.78 Å². The van der Waals surface area contributed by atoms with Gasteiger partial charge >= 0.3 is 5.69 Å². The number of nitrogens with two attached hydrogens (primary N) is 1. The highest BCUT2D eigenvalue weighted by atomic mass is 16.3. The maximum atomic E-state index is 11.9. The molecule has 0 spiro atoms. The summed E-state index contributed by atoms with van der Waals surface area (Å²) in [6, 6.07) is 11.0. The van der Waals surface area contributed by atoms with E-state index in [4.69, 9.17) is 5.73 Å². The highest BCUT2D eigenvalue weighted by Crippen LogP contribution is 2.52. The van der Waals surface area contributed by atoms with Crippen molar-refractivity contribution in [1.29, 1.82) is 0 Å². The van der Waals surface area contributed by atoms with Crippen LogP contribution in [0.15, 0.2) is 85.5 Å². The number of aliphatic hydroxyl groups excluding tert-OH is 3. The molecule has 0 bridgehead atoms. The molecule has 0 radical (unpaired) electrons. The van der Waals surface area contributed by atoms with Gasteiger partial charge in [-0.3, -0.25) is 9.88 Å². The summed E-state index contributed by atoms with van der Waals surface area (Å²) in [6.45, 7) is 10.9. The summed E-state index contributed by atoms with van der Waals surface area (Å²) in [5.41, 5.74) is 9.45. The highest BCUT2D eigenvalue weighted by molar-refractivity contribution is 6.21. The first-order valence-corrected chi connectivity index (χ1v) is 10.7. The summed E-state index contributed by atoms with van der Waals surface area (Å²) in [5, 5.41) is 32.2. The van der Waals surface area contributed by atoms with Crippen molar-refractivity contribution in [3.05, 3.63) is 119 Å². The predicted molar refractivity (Wildman–Crippen MR) is 135 cm³/mol.